The summed E-state index contributed by atoms with van der Waals surface area (Å²) in [5.41, 5.74) is 5.28. The lowest BCUT2D eigenvalue weighted by atomic mass is 10.4. The quantitative estimate of drug-likeness (QED) is 0.614. The van der Waals surface area contributed by atoms with Crippen molar-refractivity contribution in [2.45, 2.75) is 13.0 Å². The maximum Gasteiger partial charge on any atom is 0.150 e. The van der Waals surface area contributed by atoms with E-state index in [-0.39, 0.29) is 18.4 Å². The lowest BCUT2D eigenvalue weighted by Gasteiger charge is -2.12. The number of hydrogen-bond donors (Lipinski definition) is 1. The Morgan fingerprint density at radius 1 is 1.55 bits per heavy atom. The van der Waals surface area contributed by atoms with Crippen molar-refractivity contribution < 1.29 is 13.2 Å². The molecule has 0 saturated heterocycles. The first kappa shape index (κ1) is 10.9. The van der Waals surface area contributed by atoms with Gasteiger partial charge in [0.2, 0.25) is 0 Å². The highest BCUT2D eigenvalue weighted by Crippen LogP contribution is 1.94. The molecular weight excluding hydrogens is 166 g/mol. The van der Waals surface area contributed by atoms with Crippen LogP contribution in [0.2, 0.25) is 0 Å². The van der Waals surface area contributed by atoms with Crippen molar-refractivity contribution in [2.24, 2.45) is 5.73 Å². The van der Waals surface area contributed by atoms with E-state index in [1.165, 1.54) is 6.26 Å². The molecule has 0 amide bonds. The maximum atomic E-state index is 10.7. The van der Waals surface area contributed by atoms with Crippen molar-refractivity contribution in [3.63, 3.8) is 0 Å². The van der Waals surface area contributed by atoms with E-state index in [4.69, 9.17) is 10.5 Å². The van der Waals surface area contributed by atoms with Crippen molar-refractivity contribution in [1.82, 2.24) is 0 Å². The monoisotopic (exact) mass is 181 g/mol. The molecule has 0 bridgehead atoms. The van der Waals surface area contributed by atoms with E-state index in [1.807, 2.05) is 6.92 Å². The number of rotatable bonds is 5. The SMILES string of the molecule is CCOC(CN)CS(C)(=O)=O. The second-order valence-electron chi connectivity index (χ2n) is 2.41. The molecule has 0 aliphatic heterocycles. The summed E-state index contributed by atoms with van der Waals surface area (Å²) in [6, 6.07) is 0. The summed E-state index contributed by atoms with van der Waals surface area (Å²) in [6.45, 7) is 2.56. The summed E-state index contributed by atoms with van der Waals surface area (Å²) in [5.74, 6) is 0.0112. The second-order valence-corrected chi connectivity index (χ2v) is 4.59. The Morgan fingerprint density at radius 2 is 2.09 bits per heavy atom. The van der Waals surface area contributed by atoms with Gasteiger partial charge in [0.15, 0.2) is 0 Å². The van der Waals surface area contributed by atoms with Gasteiger partial charge in [-0.2, -0.15) is 0 Å². The molecule has 68 valence electrons. The lowest BCUT2D eigenvalue weighted by molar-refractivity contribution is 0.0847. The average Bonchev–Trinajstić information content (AvgIpc) is 1.84. The standard InChI is InChI=1S/C6H15NO3S/c1-3-10-6(4-7)5-11(2,8)9/h6H,3-5,7H2,1-2H3. The van der Waals surface area contributed by atoms with E-state index in [1.54, 1.807) is 0 Å². The smallest absolute Gasteiger partial charge is 0.150 e. The van der Waals surface area contributed by atoms with Crippen LogP contribution < -0.4 is 5.73 Å². The maximum absolute atomic E-state index is 10.7. The Balaban J connectivity index is 3.88. The summed E-state index contributed by atoms with van der Waals surface area (Å²) in [4.78, 5) is 0. The van der Waals surface area contributed by atoms with Crippen LogP contribution in [0.15, 0.2) is 0 Å². The molecule has 4 nitrogen and oxygen atoms in total. The molecule has 11 heavy (non-hydrogen) atoms. The minimum absolute atomic E-state index is 0.0112. The van der Waals surface area contributed by atoms with E-state index < -0.39 is 9.84 Å². The molecule has 0 aromatic rings. The number of nitrogens with two attached hydrogens (primary N) is 1. The molecule has 0 radical (unpaired) electrons. The molecule has 2 N–H and O–H groups in total. The van der Waals surface area contributed by atoms with Gasteiger partial charge in [0.25, 0.3) is 0 Å². The van der Waals surface area contributed by atoms with Gasteiger partial charge >= 0.3 is 0 Å². The highest BCUT2D eigenvalue weighted by molar-refractivity contribution is 7.90. The summed E-state index contributed by atoms with van der Waals surface area (Å²) >= 11 is 0. The molecule has 1 atom stereocenters. The van der Waals surface area contributed by atoms with Crippen LogP contribution in [0.25, 0.3) is 0 Å². The normalized spacial score (nSPS) is 14.8. The Kier molecular flexibility index (Phi) is 4.63. The van der Waals surface area contributed by atoms with Crippen LogP contribution >= 0.6 is 0 Å². The Morgan fingerprint density at radius 3 is 2.36 bits per heavy atom. The van der Waals surface area contributed by atoms with Gasteiger partial charge in [0.05, 0.1) is 11.9 Å². The number of hydrogen-bond acceptors (Lipinski definition) is 4. The molecule has 0 aromatic heterocycles. The first-order valence-electron chi connectivity index (χ1n) is 3.49. The van der Waals surface area contributed by atoms with Crippen LogP contribution in [-0.2, 0) is 14.6 Å². The highest BCUT2D eigenvalue weighted by Gasteiger charge is 2.12. The third-order valence-corrected chi connectivity index (χ3v) is 2.13. The van der Waals surface area contributed by atoms with Gasteiger partial charge in [-0.05, 0) is 6.92 Å². The summed E-state index contributed by atoms with van der Waals surface area (Å²) in [7, 11) is -2.96. The van der Waals surface area contributed by atoms with E-state index in [9.17, 15) is 8.42 Å². The van der Waals surface area contributed by atoms with Crippen molar-refractivity contribution in [2.75, 3.05) is 25.2 Å². The molecule has 0 aromatic carbocycles. The Labute approximate surface area is 67.6 Å². The summed E-state index contributed by atoms with van der Waals surface area (Å²) in [6.07, 6.45) is 0.823. The van der Waals surface area contributed by atoms with Gasteiger partial charge in [0, 0.05) is 19.4 Å². The zero-order chi connectivity index (χ0) is 8.91. The second kappa shape index (κ2) is 4.69. The fraction of sp³-hybridized carbons (Fsp3) is 1.00. The van der Waals surface area contributed by atoms with E-state index in [2.05, 4.69) is 0 Å². The predicted octanol–water partition coefficient (Wildman–Crippen LogP) is -0.605. The van der Waals surface area contributed by atoms with Crippen molar-refractivity contribution >= 4 is 9.84 Å². The van der Waals surface area contributed by atoms with Crippen LogP contribution in [0.5, 0.6) is 0 Å². The third-order valence-electron chi connectivity index (χ3n) is 1.15. The molecule has 0 aliphatic carbocycles. The van der Waals surface area contributed by atoms with Crippen molar-refractivity contribution in [1.29, 1.82) is 0 Å². The van der Waals surface area contributed by atoms with Crippen LogP contribution in [-0.4, -0.2) is 39.7 Å². The minimum atomic E-state index is -2.96. The molecule has 0 spiro atoms. The molecule has 1 unspecified atom stereocenters. The lowest BCUT2D eigenvalue weighted by Crippen LogP contribution is -2.31. The van der Waals surface area contributed by atoms with Gasteiger partial charge < -0.3 is 10.5 Å². The zero-order valence-corrected chi connectivity index (χ0v) is 7.73. The molecule has 5 heteroatoms. The van der Waals surface area contributed by atoms with Gasteiger partial charge in [-0.3, -0.25) is 0 Å². The topological polar surface area (TPSA) is 69.4 Å². The highest BCUT2D eigenvalue weighted by atomic mass is 32.2. The molecule has 0 heterocycles. The first-order valence-corrected chi connectivity index (χ1v) is 5.55. The number of ether oxygens (including phenoxy) is 1. The zero-order valence-electron chi connectivity index (χ0n) is 6.91. The van der Waals surface area contributed by atoms with E-state index >= 15 is 0 Å². The van der Waals surface area contributed by atoms with Crippen LogP contribution in [0.4, 0.5) is 0 Å². The van der Waals surface area contributed by atoms with Gasteiger partial charge in [-0.1, -0.05) is 0 Å². The molecule has 0 rings (SSSR count). The van der Waals surface area contributed by atoms with Crippen molar-refractivity contribution in [3.8, 4) is 0 Å². The number of sulfone groups is 1. The fourth-order valence-corrected chi connectivity index (χ4v) is 1.67. The van der Waals surface area contributed by atoms with Crippen LogP contribution in [0.1, 0.15) is 6.92 Å². The summed E-state index contributed by atoms with van der Waals surface area (Å²) < 4.78 is 26.5. The van der Waals surface area contributed by atoms with E-state index in [0.29, 0.717) is 6.61 Å². The predicted molar refractivity (Wildman–Crippen MR) is 44.2 cm³/mol. The minimum Gasteiger partial charge on any atom is -0.376 e. The largest absolute Gasteiger partial charge is 0.376 e. The first-order chi connectivity index (χ1) is 4.99. The Hall–Kier alpha value is -0.130. The van der Waals surface area contributed by atoms with Crippen LogP contribution in [0, 0.1) is 0 Å². The van der Waals surface area contributed by atoms with E-state index in [0.717, 1.165) is 0 Å². The molecule has 0 aliphatic rings. The van der Waals surface area contributed by atoms with Gasteiger partial charge in [0.1, 0.15) is 9.84 Å². The Bertz CT molecular complexity index is 188. The average molecular weight is 181 g/mol. The van der Waals surface area contributed by atoms with Crippen molar-refractivity contribution in [3.05, 3.63) is 0 Å². The third kappa shape index (κ3) is 6.28. The fourth-order valence-electron chi connectivity index (χ4n) is 0.758. The van der Waals surface area contributed by atoms with Crippen LogP contribution in [0.3, 0.4) is 0 Å². The molecule has 0 saturated carbocycles. The van der Waals surface area contributed by atoms with Gasteiger partial charge in [-0.25, -0.2) is 8.42 Å². The molecular formula is C6H15NO3S. The molecule has 0 fully saturated rings. The summed E-state index contributed by atoms with van der Waals surface area (Å²) in [5, 5.41) is 0. The van der Waals surface area contributed by atoms with Gasteiger partial charge in [-0.15, -0.1) is 0 Å².